The molecule has 0 atom stereocenters. The van der Waals surface area contributed by atoms with Crippen molar-refractivity contribution in [3.63, 3.8) is 0 Å². The maximum Gasteiger partial charge on any atom is 0.416 e. The molecule has 0 spiro atoms. The van der Waals surface area contributed by atoms with Crippen molar-refractivity contribution in [2.75, 3.05) is 0 Å². The van der Waals surface area contributed by atoms with E-state index in [4.69, 9.17) is 11.6 Å². The van der Waals surface area contributed by atoms with Gasteiger partial charge in [-0.15, -0.1) is 0 Å². The van der Waals surface area contributed by atoms with Crippen molar-refractivity contribution in [3.8, 4) is 0 Å². The summed E-state index contributed by atoms with van der Waals surface area (Å²) in [7, 11) is 0. The lowest BCUT2D eigenvalue weighted by Gasteiger charge is -2.09. The molecule has 20 heavy (non-hydrogen) atoms. The van der Waals surface area contributed by atoms with Crippen LogP contribution in [-0.2, 0) is 10.6 Å². The fourth-order valence-corrected chi connectivity index (χ4v) is 3.69. The summed E-state index contributed by atoms with van der Waals surface area (Å²) in [5.41, 5.74) is 0.373. The van der Waals surface area contributed by atoms with Crippen LogP contribution in [0.3, 0.4) is 0 Å². The van der Waals surface area contributed by atoms with Gasteiger partial charge in [-0.1, -0.05) is 58.1 Å². The molecule has 2 rings (SSSR count). The van der Waals surface area contributed by atoms with Gasteiger partial charge in [0.1, 0.15) is 0 Å². The van der Waals surface area contributed by atoms with E-state index in [0.29, 0.717) is 9.92 Å². The predicted molar refractivity (Wildman–Crippen MR) is 84.7 cm³/mol. The molecule has 0 unspecified atom stereocenters. The fraction of sp³-hybridized carbons (Fsp3) is 0.143. The quantitative estimate of drug-likeness (QED) is 0.400. The van der Waals surface area contributed by atoms with Crippen molar-refractivity contribution in [2.45, 2.75) is 20.4 Å². The molecule has 0 saturated carbocycles. The zero-order valence-electron chi connectivity index (χ0n) is 10.0. The van der Waals surface area contributed by atoms with Gasteiger partial charge in [0.25, 0.3) is 0 Å². The molecular weight excluding hydrogens is 420 g/mol. The molecular formula is C14H9ClF3IS. The Kier molecular flexibility index (Phi) is 5.25. The Labute approximate surface area is 137 Å². The van der Waals surface area contributed by atoms with Gasteiger partial charge in [-0.2, -0.15) is 13.2 Å². The molecule has 0 aromatic heterocycles. The van der Waals surface area contributed by atoms with Crippen molar-refractivity contribution >= 4 is 46.0 Å². The lowest BCUT2D eigenvalue weighted by molar-refractivity contribution is -0.137. The zero-order valence-corrected chi connectivity index (χ0v) is 13.8. The largest absolute Gasteiger partial charge is 0.416 e. The third-order valence-corrected chi connectivity index (χ3v) is 4.72. The SMILES string of the molecule is FC(F)(F)c1cccc(Sc2ccc(CI)c(Cl)c2)c1. The normalized spacial score (nSPS) is 11.7. The number of benzene rings is 2. The van der Waals surface area contributed by atoms with Gasteiger partial charge in [0, 0.05) is 19.2 Å². The standard InChI is InChI=1S/C14H9ClF3IS/c15-13-7-12(5-4-9(13)8-19)20-11-3-1-2-10(6-11)14(16,17)18/h1-7H,8H2. The lowest BCUT2D eigenvalue weighted by atomic mass is 10.2. The summed E-state index contributed by atoms with van der Waals surface area (Å²) in [6.07, 6.45) is -4.32. The molecule has 0 fully saturated rings. The van der Waals surface area contributed by atoms with Crippen molar-refractivity contribution < 1.29 is 13.2 Å². The number of alkyl halides is 4. The van der Waals surface area contributed by atoms with E-state index in [-0.39, 0.29) is 0 Å². The molecule has 0 N–H and O–H groups in total. The summed E-state index contributed by atoms with van der Waals surface area (Å²) in [6, 6.07) is 10.8. The van der Waals surface area contributed by atoms with Crippen LogP contribution in [0, 0.1) is 0 Å². The molecule has 0 heterocycles. The average molecular weight is 429 g/mol. The monoisotopic (exact) mass is 428 g/mol. The highest BCUT2D eigenvalue weighted by Gasteiger charge is 2.30. The van der Waals surface area contributed by atoms with Gasteiger partial charge in [0.2, 0.25) is 0 Å². The van der Waals surface area contributed by atoms with E-state index in [9.17, 15) is 13.2 Å². The second kappa shape index (κ2) is 6.58. The van der Waals surface area contributed by atoms with Gasteiger partial charge in [-0.3, -0.25) is 0 Å². The van der Waals surface area contributed by atoms with Crippen LogP contribution in [-0.4, -0.2) is 0 Å². The Morgan fingerprint density at radius 3 is 2.35 bits per heavy atom. The molecule has 0 aliphatic carbocycles. The summed E-state index contributed by atoms with van der Waals surface area (Å²) in [6.45, 7) is 0. The molecule has 6 heteroatoms. The van der Waals surface area contributed by atoms with E-state index in [2.05, 4.69) is 22.6 Å². The minimum Gasteiger partial charge on any atom is -0.166 e. The third kappa shape index (κ3) is 4.05. The molecule has 0 amide bonds. The first-order chi connectivity index (χ1) is 9.40. The van der Waals surface area contributed by atoms with Crippen molar-refractivity contribution in [1.29, 1.82) is 0 Å². The highest BCUT2D eigenvalue weighted by Crippen LogP contribution is 2.35. The first-order valence-corrected chi connectivity index (χ1v) is 8.31. The smallest absolute Gasteiger partial charge is 0.166 e. The Hall–Kier alpha value is -0.400. The molecule has 0 aliphatic rings. The van der Waals surface area contributed by atoms with Crippen molar-refractivity contribution in [2.24, 2.45) is 0 Å². The van der Waals surface area contributed by atoms with Crippen LogP contribution in [0.5, 0.6) is 0 Å². The summed E-state index contributed by atoms with van der Waals surface area (Å²) in [5.74, 6) is 0. The summed E-state index contributed by atoms with van der Waals surface area (Å²) >= 11 is 9.58. The van der Waals surface area contributed by atoms with E-state index in [1.807, 2.05) is 12.1 Å². The minimum atomic E-state index is -4.32. The van der Waals surface area contributed by atoms with E-state index in [0.717, 1.165) is 27.0 Å². The molecule has 2 aromatic rings. The number of hydrogen-bond acceptors (Lipinski definition) is 1. The van der Waals surface area contributed by atoms with Crippen LogP contribution < -0.4 is 0 Å². The van der Waals surface area contributed by atoms with E-state index in [1.165, 1.54) is 17.8 Å². The van der Waals surface area contributed by atoms with Gasteiger partial charge in [0.05, 0.1) is 5.56 Å². The van der Waals surface area contributed by atoms with Crippen LogP contribution in [0.25, 0.3) is 0 Å². The molecule has 0 nitrogen and oxygen atoms in total. The van der Waals surface area contributed by atoms with E-state index >= 15 is 0 Å². The summed E-state index contributed by atoms with van der Waals surface area (Å²) < 4.78 is 38.7. The van der Waals surface area contributed by atoms with Gasteiger partial charge in [0.15, 0.2) is 0 Å². The highest BCUT2D eigenvalue weighted by atomic mass is 127. The first kappa shape index (κ1) is 16.0. The zero-order chi connectivity index (χ0) is 14.8. The van der Waals surface area contributed by atoms with Crippen LogP contribution in [0.1, 0.15) is 11.1 Å². The lowest BCUT2D eigenvalue weighted by Crippen LogP contribution is -2.04. The Bertz CT molecular complexity index is 614. The topological polar surface area (TPSA) is 0 Å². The van der Waals surface area contributed by atoms with Crippen molar-refractivity contribution in [3.05, 3.63) is 58.6 Å². The molecule has 2 aromatic carbocycles. The van der Waals surface area contributed by atoms with Gasteiger partial charge in [-0.25, -0.2) is 0 Å². The number of halogens is 5. The molecule has 0 aliphatic heterocycles. The molecule has 0 bridgehead atoms. The van der Waals surface area contributed by atoms with E-state index < -0.39 is 11.7 Å². The van der Waals surface area contributed by atoms with Crippen LogP contribution in [0.4, 0.5) is 13.2 Å². The number of rotatable bonds is 3. The van der Waals surface area contributed by atoms with E-state index in [1.54, 1.807) is 12.1 Å². The van der Waals surface area contributed by atoms with Crippen molar-refractivity contribution in [1.82, 2.24) is 0 Å². The Morgan fingerprint density at radius 1 is 1.05 bits per heavy atom. The second-order valence-corrected chi connectivity index (χ2v) is 6.33. The van der Waals surface area contributed by atoms with Gasteiger partial charge < -0.3 is 0 Å². The second-order valence-electron chi connectivity index (χ2n) is 4.01. The van der Waals surface area contributed by atoms with Crippen LogP contribution in [0.15, 0.2) is 52.3 Å². The predicted octanol–water partition coefficient (Wildman–Crippen LogP) is 6.45. The number of hydrogen-bond donors (Lipinski definition) is 0. The fourth-order valence-electron chi connectivity index (χ4n) is 1.57. The average Bonchev–Trinajstić information content (AvgIpc) is 2.38. The maximum absolute atomic E-state index is 12.6. The summed E-state index contributed by atoms with van der Waals surface area (Å²) in [5, 5.41) is 0.636. The van der Waals surface area contributed by atoms with Crippen LogP contribution in [0.2, 0.25) is 5.02 Å². The summed E-state index contributed by atoms with van der Waals surface area (Å²) in [4.78, 5) is 1.36. The minimum absolute atomic E-state index is 0.540. The molecule has 0 radical (unpaired) electrons. The molecule has 106 valence electrons. The van der Waals surface area contributed by atoms with Gasteiger partial charge in [-0.05, 0) is 35.9 Å². The van der Waals surface area contributed by atoms with Gasteiger partial charge >= 0.3 is 6.18 Å². The Balaban J connectivity index is 2.24. The third-order valence-electron chi connectivity index (χ3n) is 2.57. The highest BCUT2D eigenvalue weighted by molar-refractivity contribution is 14.1. The molecule has 0 saturated heterocycles. The maximum atomic E-state index is 12.6. The Morgan fingerprint density at radius 2 is 1.75 bits per heavy atom. The van der Waals surface area contributed by atoms with Crippen LogP contribution >= 0.6 is 46.0 Å². The first-order valence-electron chi connectivity index (χ1n) is 5.59.